The van der Waals surface area contributed by atoms with Crippen molar-refractivity contribution < 1.29 is 14.1 Å². The minimum absolute atomic E-state index is 0.0469. The van der Waals surface area contributed by atoms with E-state index in [0.717, 1.165) is 0 Å². The summed E-state index contributed by atoms with van der Waals surface area (Å²) in [5.74, 6) is -0.117. The van der Waals surface area contributed by atoms with Crippen LogP contribution in [0.25, 0.3) is 0 Å². The summed E-state index contributed by atoms with van der Waals surface area (Å²) in [5.41, 5.74) is 0. The Morgan fingerprint density at radius 1 is 1.64 bits per heavy atom. The van der Waals surface area contributed by atoms with Gasteiger partial charge in [0.2, 0.25) is 0 Å². The van der Waals surface area contributed by atoms with Crippen molar-refractivity contribution in [3.05, 3.63) is 0 Å². The molecule has 0 aromatic rings. The first-order valence-corrected chi connectivity index (χ1v) is 4.92. The van der Waals surface area contributed by atoms with Crippen molar-refractivity contribution in [2.45, 2.75) is 19.0 Å². The van der Waals surface area contributed by atoms with Gasteiger partial charge in [-0.2, -0.15) is 0 Å². The third kappa shape index (κ3) is 2.27. The van der Waals surface area contributed by atoms with Crippen molar-refractivity contribution in [3.8, 4) is 0 Å². The average Bonchev–Trinajstić information content (AvgIpc) is 1.85. The van der Waals surface area contributed by atoms with Gasteiger partial charge in [-0.15, -0.1) is 0 Å². The summed E-state index contributed by atoms with van der Waals surface area (Å²) in [6.07, 6.45) is 0. The van der Waals surface area contributed by atoms with Crippen molar-refractivity contribution in [1.82, 2.24) is 5.32 Å². The molecule has 11 heavy (non-hydrogen) atoms. The Morgan fingerprint density at radius 2 is 2.27 bits per heavy atom. The number of aliphatic carboxylic acids is 1. The molecule has 1 heterocycles. The molecule has 1 fully saturated rings. The van der Waals surface area contributed by atoms with Gasteiger partial charge >= 0.3 is 5.97 Å². The Kier molecular flexibility index (Phi) is 2.62. The van der Waals surface area contributed by atoms with Gasteiger partial charge in [-0.25, -0.2) is 0 Å². The number of hydrogen-bond donors (Lipinski definition) is 2. The minimum atomic E-state index is -0.964. The fourth-order valence-corrected chi connectivity index (χ4v) is 2.52. The van der Waals surface area contributed by atoms with Crippen LogP contribution in [-0.4, -0.2) is 38.9 Å². The molecule has 0 unspecified atom stereocenters. The van der Waals surface area contributed by atoms with Crippen LogP contribution in [0, 0.1) is 0 Å². The van der Waals surface area contributed by atoms with E-state index in [1.807, 2.05) is 6.92 Å². The number of nitrogens with one attached hydrogen (secondary N) is 1. The lowest BCUT2D eigenvalue weighted by Gasteiger charge is -2.24. The standard InChI is InChI=1S/C6H11NO3S/c1-4-2-11(10)3-5(7-4)6(8)9/h4-5,7H,2-3H2,1H3,(H,8,9)/t4-,5-,11+/m1/s1. The number of carboxylic acids is 1. The predicted octanol–water partition coefficient (Wildman–Crippen LogP) is -0.820. The van der Waals surface area contributed by atoms with Gasteiger partial charge in [0.15, 0.2) is 0 Å². The Bertz CT molecular complexity index is 194. The zero-order valence-corrected chi connectivity index (χ0v) is 7.06. The first-order chi connectivity index (χ1) is 5.09. The molecule has 0 aromatic carbocycles. The Hall–Kier alpha value is -0.420. The van der Waals surface area contributed by atoms with E-state index >= 15 is 0 Å². The molecule has 5 heteroatoms. The van der Waals surface area contributed by atoms with E-state index in [4.69, 9.17) is 5.11 Å². The van der Waals surface area contributed by atoms with Gasteiger partial charge in [-0.1, -0.05) is 0 Å². The number of hydrogen-bond acceptors (Lipinski definition) is 3. The molecule has 64 valence electrons. The van der Waals surface area contributed by atoms with Crippen LogP contribution in [0.3, 0.4) is 0 Å². The summed E-state index contributed by atoms with van der Waals surface area (Å²) in [6.45, 7) is 1.84. The SMILES string of the molecule is C[C@@H]1C[S@](=O)C[C@H](C(=O)O)N1. The van der Waals surface area contributed by atoms with Crippen LogP contribution in [0.15, 0.2) is 0 Å². The summed E-state index contributed by atoms with van der Waals surface area (Å²) in [4.78, 5) is 10.4. The second-order valence-electron chi connectivity index (χ2n) is 2.73. The molecule has 1 rings (SSSR count). The monoisotopic (exact) mass is 177 g/mol. The molecule has 0 aromatic heterocycles. The number of carbonyl (C=O) groups is 1. The van der Waals surface area contributed by atoms with Crippen molar-refractivity contribution in [2.75, 3.05) is 11.5 Å². The van der Waals surface area contributed by atoms with Crippen molar-refractivity contribution in [3.63, 3.8) is 0 Å². The molecule has 3 atom stereocenters. The maximum absolute atomic E-state index is 11.0. The van der Waals surface area contributed by atoms with Crippen LogP contribution in [-0.2, 0) is 15.6 Å². The first-order valence-electron chi connectivity index (χ1n) is 3.43. The van der Waals surface area contributed by atoms with E-state index in [9.17, 15) is 9.00 Å². The zero-order chi connectivity index (χ0) is 8.43. The third-order valence-electron chi connectivity index (χ3n) is 1.57. The normalized spacial score (nSPS) is 38.5. The smallest absolute Gasteiger partial charge is 0.321 e. The Balaban J connectivity index is 2.56. The van der Waals surface area contributed by atoms with E-state index < -0.39 is 22.8 Å². The second kappa shape index (κ2) is 3.32. The maximum Gasteiger partial charge on any atom is 0.321 e. The van der Waals surface area contributed by atoms with Crippen LogP contribution < -0.4 is 5.32 Å². The van der Waals surface area contributed by atoms with Crippen LogP contribution in [0.5, 0.6) is 0 Å². The van der Waals surface area contributed by atoms with Crippen LogP contribution in [0.2, 0.25) is 0 Å². The highest BCUT2D eigenvalue weighted by Gasteiger charge is 2.27. The first kappa shape index (κ1) is 8.67. The quantitative estimate of drug-likeness (QED) is 0.549. The fraction of sp³-hybridized carbons (Fsp3) is 0.833. The summed E-state index contributed by atoms with van der Waals surface area (Å²) in [6, 6.07) is -0.578. The topological polar surface area (TPSA) is 66.4 Å². The molecule has 1 aliphatic rings. The second-order valence-corrected chi connectivity index (χ2v) is 4.28. The molecule has 0 saturated carbocycles. The lowest BCUT2D eigenvalue weighted by Crippen LogP contribution is -2.52. The lowest BCUT2D eigenvalue weighted by molar-refractivity contribution is -0.139. The molecule has 0 amide bonds. The van der Waals surface area contributed by atoms with Gasteiger partial charge < -0.3 is 10.4 Å². The summed E-state index contributed by atoms with van der Waals surface area (Å²) >= 11 is 0. The van der Waals surface area contributed by atoms with E-state index in [1.165, 1.54) is 0 Å². The lowest BCUT2D eigenvalue weighted by atomic mass is 10.3. The summed E-state index contributed by atoms with van der Waals surface area (Å²) in [5, 5.41) is 11.4. The largest absolute Gasteiger partial charge is 0.480 e. The third-order valence-corrected chi connectivity index (χ3v) is 3.15. The summed E-state index contributed by atoms with van der Waals surface area (Å²) in [7, 11) is -0.964. The van der Waals surface area contributed by atoms with Crippen LogP contribution >= 0.6 is 0 Å². The maximum atomic E-state index is 11.0. The highest BCUT2D eigenvalue weighted by atomic mass is 32.2. The number of carboxylic acid groups (broad SMARTS) is 1. The highest BCUT2D eigenvalue weighted by molar-refractivity contribution is 7.85. The molecule has 2 N–H and O–H groups in total. The molecule has 4 nitrogen and oxygen atoms in total. The van der Waals surface area contributed by atoms with Gasteiger partial charge in [0.1, 0.15) is 6.04 Å². The van der Waals surface area contributed by atoms with Crippen molar-refractivity contribution in [1.29, 1.82) is 0 Å². The molecule has 1 aliphatic heterocycles. The van der Waals surface area contributed by atoms with Gasteiger partial charge in [-0.05, 0) is 6.92 Å². The van der Waals surface area contributed by atoms with Crippen molar-refractivity contribution >= 4 is 16.8 Å². The van der Waals surface area contributed by atoms with Gasteiger partial charge in [-0.3, -0.25) is 9.00 Å². The number of rotatable bonds is 1. The summed E-state index contributed by atoms with van der Waals surface area (Å²) < 4.78 is 11.0. The molecule has 0 spiro atoms. The molecular weight excluding hydrogens is 166 g/mol. The fourth-order valence-electron chi connectivity index (χ4n) is 1.12. The molecule has 0 radical (unpaired) electrons. The molecule has 0 aliphatic carbocycles. The molecular formula is C6H11NO3S. The Morgan fingerprint density at radius 3 is 2.73 bits per heavy atom. The van der Waals surface area contributed by atoms with E-state index in [2.05, 4.69) is 5.32 Å². The predicted molar refractivity (Wildman–Crippen MR) is 41.9 cm³/mol. The Labute approximate surface area is 67.4 Å². The molecule has 1 saturated heterocycles. The van der Waals surface area contributed by atoms with Crippen molar-refractivity contribution in [2.24, 2.45) is 0 Å². The minimum Gasteiger partial charge on any atom is -0.480 e. The van der Waals surface area contributed by atoms with Gasteiger partial charge in [0, 0.05) is 28.3 Å². The molecule has 0 bridgehead atoms. The van der Waals surface area contributed by atoms with Crippen LogP contribution in [0.4, 0.5) is 0 Å². The van der Waals surface area contributed by atoms with Crippen LogP contribution in [0.1, 0.15) is 6.92 Å². The highest BCUT2D eigenvalue weighted by Crippen LogP contribution is 2.02. The van der Waals surface area contributed by atoms with E-state index in [1.54, 1.807) is 0 Å². The van der Waals surface area contributed by atoms with E-state index in [0.29, 0.717) is 5.75 Å². The average molecular weight is 177 g/mol. The van der Waals surface area contributed by atoms with Gasteiger partial charge in [0.05, 0.1) is 0 Å². The van der Waals surface area contributed by atoms with E-state index in [-0.39, 0.29) is 11.8 Å². The van der Waals surface area contributed by atoms with Gasteiger partial charge in [0.25, 0.3) is 0 Å². The zero-order valence-electron chi connectivity index (χ0n) is 6.24.